The van der Waals surface area contributed by atoms with Gasteiger partial charge in [-0.15, -0.1) is 0 Å². The lowest BCUT2D eigenvalue weighted by atomic mass is 9.86. The molecule has 2 N–H and O–H groups in total. The van der Waals surface area contributed by atoms with Crippen molar-refractivity contribution in [1.82, 2.24) is 14.9 Å². The highest BCUT2D eigenvalue weighted by molar-refractivity contribution is 6.34. The molecule has 1 aliphatic carbocycles. The minimum Gasteiger partial charge on any atom is -0.382 e. The van der Waals surface area contributed by atoms with Crippen LogP contribution in [-0.4, -0.2) is 28.1 Å². The van der Waals surface area contributed by atoms with Gasteiger partial charge in [0.05, 0.1) is 28.0 Å². The van der Waals surface area contributed by atoms with Gasteiger partial charge in [-0.1, -0.05) is 17.7 Å². The Labute approximate surface area is 182 Å². The van der Waals surface area contributed by atoms with Crippen molar-refractivity contribution < 1.29 is 18.0 Å². The minimum atomic E-state index is -1.41. The predicted octanol–water partition coefficient (Wildman–Crippen LogP) is 5.11. The fraction of sp³-hybridized carbons (Fsp3) is 0.364. The summed E-state index contributed by atoms with van der Waals surface area (Å²) in [6.07, 6.45) is 6.82. The third kappa shape index (κ3) is 4.21. The third-order valence-corrected chi connectivity index (χ3v) is 6.25. The summed E-state index contributed by atoms with van der Waals surface area (Å²) in [5.41, 5.74) is 0.767. The van der Waals surface area contributed by atoms with Gasteiger partial charge in [-0.3, -0.25) is 4.79 Å². The summed E-state index contributed by atoms with van der Waals surface area (Å²) in [6, 6.07) is 5.69. The molecule has 31 heavy (non-hydrogen) atoms. The van der Waals surface area contributed by atoms with Crippen LogP contribution in [0.1, 0.15) is 41.6 Å². The maximum Gasteiger partial charge on any atom is 0.256 e. The Morgan fingerprint density at radius 2 is 1.90 bits per heavy atom. The number of benzene rings is 1. The van der Waals surface area contributed by atoms with Gasteiger partial charge in [-0.25, -0.2) is 17.7 Å². The van der Waals surface area contributed by atoms with Crippen LogP contribution in [0.2, 0.25) is 5.02 Å². The first-order valence-corrected chi connectivity index (χ1v) is 10.5. The number of halogens is 4. The summed E-state index contributed by atoms with van der Waals surface area (Å²) in [6.45, 7) is 1.85. The summed E-state index contributed by atoms with van der Waals surface area (Å²) >= 11 is 5.71. The standard InChI is InChI=1S/C22H22ClF3N4O/c1-12-19(24)17(18(23)21(26)20(12)25)22(31)29-14-7-5-13(6-8-14)10-27-15-11-28-30-9-3-2-4-16(15)30/h2-4,9,11,13-14,27H,5-8,10H2,1H3,(H,29,31). The normalized spacial score (nSPS) is 18.9. The maximum atomic E-state index is 14.3. The van der Waals surface area contributed by atoms with E-state index in [0.29, 0.717) is 18.8 Å². The molecule has 2 aromatic heterocycles. The molecule has 1 fully saturated rings. The van der Waals surface area contributed by atoms with Crippen LogP contribution in [0.15, 0.2) is 30.6 Å². The van der Waals surface area contributed by atoms with Crippen LogP contribution in [-0.2, 0) is 0 Å². The molecule has 1 aliphatic rings. The number of carbonyl (C=O) groups is 1. The number of carbonyl (C=O) groups excluding carboxylic acids is 1. The van der Waals surface area contributed by atoms with Crippen molar-refractivity contribution in [3.8, 4) is 0 Å². The van der Waals surface area contributed by atoms with E-state index >= 15 is 0 Å². The van der Waals surface area contributed by atoms with Gasteiger partial charge in [0.15, 0.2) is 11.6 Å². The Morgan fingerprint density at radius 1 is 1.16 bits per heavy atom. The molecular formula is C22H22ClF3N4O. The van der Waals surface area contributed by atoms with E-state index in [1.807, 2.05) is 24.4 Å². The van der Waals surface area contributed by atoms with Crippen LogP contribution in [0.5, 0.6) is 0 Å². The number of hydrogen-bond acceptors (Lipinski definition) is 3. The second-order valence-corrected chi connectivity index (χ2v) is 8.29. The van der Waals surface area contributed by atoms with Crippen molar-refractivity contribution in [2.75, 3.05) is 11.9 Å². The average molecular weight is 451 g/mol. The first-order chi connectivity index (χ1) is 14.9. The molecule has 1 saturated carbocycles. The number of aromatic nitrogens is 2. The number of pyridine rings is 1. The largest absolute Gasteiger partial charge is 0.382 e. The van der Waals surface area contributed by atoms with Crippen molar-refractivity contribution >= 4 is 28.7 Å². The van der Waals surface area contributed by atoms with E-state index in [-0.39, 0.29) is 6.04 Å². The predicted molar refractivity (Wildman–Crippen MR) is 113 cm³/mol. The van der Waals surface area contributed by atoms with Crippen molar-refractivity contribution in [1.29, 1.82) is 0 Å². The third-order valence-electron chi connectivity index (χ3n) is 5.90. The van der Waals surface area contributed by atoms with Gasteiger partial charge in [0.1, 0.15) is 5.82 Å². The lowest BCUT2D eigenvalue weighted by Crippen LogP contribution is -2.39. The van der Waals surface area contributed by atoms with Crippen molar-refractivity contribution in [2.45, 2.75) is 38.6 Å². The highest BCUT2D eigenvalue weighted by Gasteiger charge is 2.29. The Balaban J connectivity index is 1.33. The fourth-order valence-electron chi connectivity index (χ4n) is 4.04. The van der Waals surface area contributed by atoms with E-state index in [4.69, 9.17) is 11.6 Å². The van der Waals surface area contributed by atoms with Crippen LogP contribution in [0.25, 0.3) is 5.52 Å². The number of nitrogens with one attached hydrogen (secondary N) is 2. The molecule has 5 nitrogen and oxygen atoms in total. The zero-order valence-corrected chi connectivity index (χ0v) is 17.6. The summed E-state index contributed by atoms with van der Waals surface area (Å²) in [5, 5.41) is 9.63. The molecule has 0 atom stereocenters. The number of fused-ring (bicyclic) bond motifs is 1. The molecule has 4 rings (SSSR count). The molecule has 3 aromatic rings. The zero-order chi connectivity index (χ0) is 22.1. The second kappa shape index (κ2) is 8.78. The Hall–Kier alpha value is -2.74. The lowest BCUT2D eigenvalue weighted by molar-refractivity contribution is 0.0918. The van der Waals surface area contributed by atoms with Gasteiger partial charge < -0.3 is 10.6 Å². The molecule has 0 saturated heterocycles. The number of anilines is 1. The molecule has 0 aliphatic heterocycles. The highest BCUT2D eigenvalue weighted by Crippen LogP contribution is 2.30. The van der Waals surface area contributed by atoms with Crippen LogP contribution in [0, 0.1) is 30.3 Å². The van der Waals surface area contributed by atoms with Crippen LogP contribution in [0.3, 0.4) is 0 Å². The number of nitrogens with zero attached hydrogens (tertiary/aromatic N) is 2. The second-order valence-electron chi connectivity index (χ2n) is 7.92. The molecule has 9 heteroatoms. The number of amides is 1. The van der Waals surface area contributed by atoms with Gasteiger partial charge in [0, 0.05) is 24.3 Å². The van der Waals surface area contributed by atoms with Crippen LogP contribution >= 0.6 is 11.6 Å². The molecular weight excluding hydrogens is 429 g/mol. The van der Waals surface area contributed by atoms with Crippen molar-refractivity contribution in [3.63, 3.8) is 0 Å². The van der Waals surface area contributed by atoms with E-state index in [2.05, 4.69) is 15.7 Å². The first kappa shape index (κ1) is 21.5. The molecule has 2 heterocycles. The minimum absolute atomic E-state index is 0.176. The molecule has 1 aromatic carbocycles. The average Bonchev–Trinajstić information content (AvgIpc) is 3.19. The van der Waals surface area contributed by atoms with Crippen LogP contribution < -0.4 is 10.6 Å². The van der Waals surface area contributed by atoms with Gasteiger partial charge >= 0.3 is 0 Å². The van der Waals surface area contributed by atoms with Gasteiger partial charge in [0.2, 0.25) is 0 Å². The maximum absolute atomic E-state index is 14.3. The topological polar surface area (TPSA) is 58.4 Å². The molecule has 164 valence electrons. The Kier molecular flexibility index (Phi) is 6.09. The summed E-state index contributed by atoms with van der Waals surface area (Å²) in [5.74, 6) is -4.32. The zero-order valence-electron chi connectivity index (χ0n) is 16.9. The highest BCUT2D eigenvalue weighted by atomic mass is 35.5. The van der Waals surface area contributed by atoms with Crippen molar-refractivity contribution in [3.05, 3.63) is 64.2 Å². The number of hydrogen-bond donors (Lipinski definition) is 2. The molecule has 0 bridgehead atoms. The monoisotopic (exact) mass is 450 g/mol. The van der Waals surface area contributed by atoms with E-state index in [1.165, 1.54) is 0 Å². The molecule has 0 spiro atoms. The quantitative estimate of drug-likeness (QED) is 0.419. The molecule has 0 radical (unpaired) electrons. The smallest absolute Gasteiger partial charge is 0.256 e. The lowest BCUT2D eigenvalue weighted by Gasteiger charge is -2.29. The van der Waals surface area contributed by atoms with Crippen LogP contribution in [0.4, 0.5) is 18.9 Å². The number of rotatable bonds is 5. The SMILES string of the molecule is Cc1c(F)c(F)c(Cl)c(C(=O)NC2CCC(CNc3cnn4ccccc34)CC2)c1F. The Bertz CT molecular complexity index is 1100. The fourth-order valence-corrected chi connectivity index (χ4v) is 4.30. The van der Waals surface area contributed by atoms with Crippen molar-refractivity contribution in [2.24, 2.45) is 5.92 Å². The van der Waals surface area contributed by atoms with E-state index in [9.17, 15) is 18.0 Å². The van der Waals surface area contributed by atoms with Gasteiger partial charge in [-0.05, 0) is 50.7 Å². The van der Waals surface area contributed by atoms with E-state index in [1.54, 1.807) is 10.7 Å². The van der Waals surface area contributed by atoms with E-state index < -0.39 is 39.5 Å². The molecule has 1 amide bonds. The van der Waals surface area contributed by atoms with Gasteiger partial charge in [0.25, 0.3) is 5.91 Å². The Morgan fingerprint density at radius 3 is 2.65 bits per heavy atom. The summed E-state index contributed by atoms with van der Waals surface area (Å²) < 4.78 is 43.6. The summed E-state index contributed by atoms with van der Waals surface area (Å²) in [7, 11) is 0. The molecule has 0 unspecified atom stereocenters. The van der Waals surface area contributed by atoms with E-state index in [0.717, 1.165) is 37.5 Å². The first-order valence-electron chi connectivity index (χ1n) is 10.2. The summed E-state index contributed by atoms with van der Waals surface area (Å²) in [4.78, 5) is 12.5. The van der Waals surface area contributed by atoms with Gasteiger partial charge in [-0.2, -0.15) is 5.10 Å².